The van der Waals surface area contributed by atoms with Crippen molar-refractivity contribution in [2.24, 2.45) is 34.5 Å². The standard InChI is InChI=1S/C19H30F2O2/c1-17-7-3-4-11(17)15-12(5-8-17)18(2)9-6-14(22)16(23)13(18)10-19(15,20)21/h11-16,22-23H,3-10H2,1-2H3. The van der Waals surface area contributed by atoms with E-state index in [1.165, 1.54) is 0 Å². The molecule has 0 amide bonds. The first kappa shape index (κ1) is 16.3. The van der Waals surface area contributed by atoms with E-state index in [0.717, 1.165) is 38.5 Å². The summed E-state index contributed by atoms with van der Waals surface area (Å²) in [5.41, 5.74) is -0.143. The van der Waals surface area contributed by atoms with Crippen molar-refractivity contribution in [1.82, 2.24) is 0 Å². The fourth-order valence-corrected chi connectivity index (χ4v) is 7.17. The zero-order valence-electron chi connectivity index (χ0n) is 14.3. The van der Waals surface area contributed by atoms with Crippen LogP contribution in [0, 0.1) is 34.5 Å². The van der Waals surface area contributed by atoms with Crippen molar-refractivity contribution in [1.29, 1.82) is 0 Å². The Hall–Kier alpha value is -0.220. The molecule has 0 saturated heterocycles. The summed E-state index contributed by atoms with van der Waals surface area (Å²) in [6, 6.07) is 0. The molecule has 132 valence electrons. The topological polar surface area (TPSA) is 40.5 Å². The van der Waals surface area contributed by atoms with Crippen molar-refractivity contribution >= 4 is 0 Å². The highest BCUT2D eigenvalue weighted by Gasteiger charge is 2.67. The van der Waals surface area contributed by atoms with Gasteiger partial charge in [-0.05, 0) is 67.1 Å². The molecule has 4 aliphatic rings. The Labute approximate surface area is 137 Å². The van der Waals surface area contributed by atoms with Crippen LogP contribution in [0.1, 0.15) is 65.2 Å². The van der Waals surface area contributed by atoms with Gasteiger partial charge in [0.25, 0.3) is 5.92 Å². The van der Waals surface area contributed by atoms with E-state index in [9.17, 15) is 10.2 Å². The lowest BCUT2D eigenvalue weighted by molar-refractivity contribution is -0.255. The van der Waals surface area contributed by atoms with E-state index in [1.54, 1.807) is 0 Å². The summed E-state index contributed by atoms with van der Waals surface area (Å²) in [5.74, 6) is -3.56. The Morgan fingerprint density at radius 2 is 1.61 bits per heavy atom. The highest BCUT2D eigenvalue weighted by Crippen LogP contribution is 2.69. The zero-order valence-corrected chi connectivity index (χ0v) is 14.3. The van der Waals surface area contributed by atoms with Crippen LogP contribution < -0.4 is 0 Å². The Morgan fingerprint density at radius 3 is 2.35 bits per heavy atom. The molecule has 2 nitrogen and oxygen atoms in total. The van der Waals surface area contributed by atoms with E-state index in [0.29, 0.717) is 6.42 Å². The molecule has 0 spiro atoms. The molecule has 0 aromatic heterocycles. The third-order valence-corrected chi connectivity index (χ3v) is 8.51. The van der Waals surface area contributed by atoms with Gasteiger partial charge in [-0.3, -0.25) is 0 Å². The van der Waals surface area contributed by atoms with E-state index >= 15 is 8.78 Å². The van der Waals surface area contributed by atoms with Crippen molar-refractivity contribution in [3.63, 3.8) is 0 Å². The molecule has 0 aromatic rings. The number of hydrogen-bond acceptors (Lipinski definition) is 2. The lowest BCUT2D eigenvalue weighted by Crippen LogP contribution is -2.63. The minimum absolute atomic E-state index is 0.00502. The normalized spacial score (nSPS) is 58.2. The first-order valence-corrected chi connectivity index (χ1v) is 9.43. The molecule has 8 unspecified atom stereocenters. The first-order chi connectivity index (χ1) is 10.7. The van der Waals surface area contributed by atoms with Gasteiger partial charge in [0.15, 0.2) is 0 Å². The third-order valence-electron chi connectivity index (χ3n) is 8.51. The smallest absolute Gasteiger partial charge is 0.251 e. The summed E-state index contributed by atoms with van der Waals surface area (Å²) in [6.45, 7) is 4.35. The van der Waals surface area contributed by atoms with Crippen molar-refractivity contribution < 1.29 is 19.0 Å². The molecule has 23 heavy (non-hydrogen) atoms. The molecule has 4 saturated carbocycles. The number of hydrogen-bond donors (Lipinski definition) is 2. The average molecular weight is 328 g/mol. The van der Waals surface area contributed by atoms with Crippen LogP contribution in [-0.2, 0) is 0 Å². The van der Waals surface area contributed by atoms with Crippen molar-refractivity contribution in [2.45, 2.75) is 83.3 Å². The predicted octanol–water partition coefficient (Wildman–Crippen LogP) is 4.00. The quantitative estimate of drug-likeness (QED) is 0.706. The summed E-state index contributed by atoms with van der Waals surface area (Å²) in [4.78, 5) is 0. The number of alkyl halides is 2. The van der Waals surface area contributed by atoms with Gasteiger partial charge in [0.1, 0.15) is 0 Å². The summed E-state index contributed by atoms with van der Waals surface area (Å²) in [7, 11) is 0. The molecule has 0 aromatic carbocycles. The lowest BCUT2D eigenvalue weighted by atomic mass is 9.44. The number of fused-ring (bicyclic) bond motifs is 5. The monoisotopic (exact) mass is 328 g/mol. The van der Waals surface area contributed by atoms with Crippen LogP contribution in [0.4, 0.5) is 8.78 Å². The molecule has 0 bridgehead atoms. The van der Waals surface area contributed by atoms with E-state index in [1.807, 2.05) is 0 Å². The van der Waals surface area contributed by atoms with Crippen LogP contribution in [0.25, 0.3) is 0 Å². The number of halogens is 2. The van der Waals surface area contributed by atoms with Crippen LogP contribution in [0.5, 0.6) is 0 Å². The van der Waals surface area contributed by atoms with E-state index < -0.39 is 30.0 Å². The molecular weight excluding hydrogens is 298 g/mol. The molecule has 4 rings (SSSR count). The summed E-state index contributed by atoms with van der Waals surface area (Å²) < 4.78 is 30.4. The molecular formula is C19H30F2O2. The lowest BCUT2D eigenvalue weighted by Gasteiger charge is -2.63. The Morgan fingerprint density at radius 1 is 0.870 bits per heavy atom. The SMILES string of the molecule is CC12CCCC1C1C(CC2)C2(C)CCC(O)C(O)C2CC1(F)F. The highest BCUT2D eigenvalue weighted by molar-refractivity contribution is 5.13. The van der Waals surface area contributed by atoms with Crippen LogP contribution in [-0.4, -0.2) is 28.3 Å². The van der Waals surface area contributed by atoms with Crippen LogP contribution in [0.3, 0.4) is 0 Å². The first-order valence-electron chi connectivity index (χ1n) is 9.43. The third kappa shape index (κ3) is 2.09. The minimum Gasteiger partial charge on any atom is -0.390 e. The van der Waals surface area contributed by atoms with Crippen LogP contribution in [0.2, 0.25) is 0 Å². The van der Waals surface area contributed by atoms with Gasteiger partial charge in [-0.15, -0.1) is 0 Å². The number of aliphatic hydroxyl groups excluding tert-OH is 2. The second-order valence-corrected chi connectivity index (χ2v) is 9.50. The average Bonchev–Trinajstić information content (AvgIpc) is 2.87. The maximum atomic E-state index is 15.2. The Balaban J connectivity index is 1.74. The summed E-state index contributed by atoms with van der Waals surface area (Å²) in [6.07, 6.45) is 4.30. The summed E-state index contributed by atoms with van der Waals surface area (Å²) in [5, 5.41) is 20.4. The highest BCUT2D eigenvalue weighted by atomic mass is 19.3. The predicted molar refractivity (Wildman–Crippen MR) is 84.1 cm³/mol. The molecule has 0 heterocycles. The molecule has 4 aliphatic carbocycles. The molecule has 8 atom stereocenters. The van der Waals surface area contributed by atoms with Gasteiger partial charge >= 0.3 is 0 Å². The van der Waals surface area contributed by atoms with E-state index in [-0.39, 0.29) is 29.1 Å². The minimum atomic E-state index is -2.70. The largest absolute Gasteiger partial charge is 0.390 e. The maximum Gasteiger partial charge on any atom is 0.251 e. The fraction of sp³-hybridized carbons (Fsp3) is 1.00. The van der Waals surface area contributed by atoms with Crippen LogP contribution >= 0.6 is 0 Å². The Bertz CT molecular complexity index is 496. The van der Waals surface area contributed by atoms with E-state index in [4.69, 9.17) is 0 Å². The number of aliphatic hydroxyl groups is 2. The maximum absolute atomic E-state index is 15.2. The Kier molecular flexibility index (Phi) is 3.47. The molecule has 4 fully saturated rings. The van der Waals surface area contributed by atoms with Gasteiger partial charge in [-0.25, -0.2) is 8.78 Å². The number of rotatable bonds is 0. The second-order valence-electron chi connectivity index (χ2n) is 9.50. The molecule has 4 heteroatoms. The molecule has 2 N–H and O–H groups in total. The van der Waals surface area contributed by atoms with E-state index in [2.05, 4.69) is 13.8 Å². The van der Waals surface area contributed by atoms with Gasteiger partial charge in [0, 0.05) is 12.3 Å². The zero-order chi connectivity index (χ0) is 16.6. The van der Waals surface area contributed by atoms with Crippen molar-refractivity contribution in [2.75, 3.05) is 0 Å². The summed E-state index contributed by atoms with van der Waals surface area (Å²) >= 11 is 0. The van der Waals surface area contributed by atoms with Gasteiger partial charge < -0.3 is 10.2 Å². The van der Waals surface area contributed by atoms with Gasteiger partial charge in [0.2, 0.25) is 0 Å². The van der Waals surface area contributed by atoms with Gasteiger partial charge in [-0.2, -0.15) is 0 Å². The fourth-order valence-electron chi connectivity index (χ4n) is 7.17. The van der Waals surface area contributed by atoms with Gasteiger partial charge in [-0.1, -0.05) is 20.3 Å². The molecule has 0 radical (unpaired) electrons. The van der Waals surface area contributed by atoms with Crippen molar-refractivity contribution in [3.8, 4) is 0 Å². The molecule has 0 aliphatic heterocycles. The van der Waals surface area contributed by atoms with Crippen LogP contribution in [0.15, 0.2) is 0 Å². The van der Waals surface area contributed by atoms with Crippen molar-refractivity contribution in [3.05, 3.63) is 0 Å². The van der Waals surface area contributed by atoms with Gasteiger partial charge in [0.05, 0.1) is 12.2 Å². The second kappa shape index (κ2) is 4.91.